The van der Waals surface area contributed by atoms with Crippen LogP contribution < -0.4 is 5.32 Å². The minimum Gasteiger partial charge on any atom is -0.481 e. The first kappa shape index (κ1) is 13.2. The predicted molar refractivity (Wildman–Crippen MR) is 61.7 cm³/mol. The van der Waals surface area contributed by atoms with Gasteiger partial charge in [0.2, 0.25) is 0 Å². The number of amides is 1. The fourth-order valence-electron chi connectivity index (χ4n) is 1.29. The molecule has 1 heterocycles. The zero-order chi connectivity index (χ0) is 13.2. The van der Waals surface area contributed by atoms with Crippen LogP contribution in [-0.2, 0) is 11.8 Å². The van der Waals surface area contributed by atoms with E-state index >= 15 is 0 Å². The Labute approximate surface area is 99.6 Å². The summed E-state index contributed by atoms with van der Waals surface area (Å²) < 4.78 is 1.55. The molecule has 6 nitrogen and oxygen atoms in total. The van der Waals surface area contributed by atoms with Crippen molar-refractivity contribution in [1.82, 2.24) is 15.1 Å². The largest absolute Gasteiger partial charge is 0.481 e. The fraction of sp³-hybridized carbons (Fsp3) is 0.545. The molecule has 0 aromatic carbocycles. The summed E-state index contributed by atoms with van der Waals surface area (Å²) in [5.74, 6) is -1.24. The molecule has 0 bridgehead atoms. The van der Waals surface area contributed by atoms with Crippen LogP contribution in [0.4, 0.5) is 0 Å². The van der Waals surface area contributed by atoms with Crippen LogP contribution in [0.1, 0.15) is 29.9 Å². The van der Waals surface area contributed by atoms with Crippen LogP contribution >= 0.6 is 0 Å². The number of carboxylic acids is 1. The molecule has 17 heavy (non-hydrogen) atoms. The summed E-state index contributed by atoms with van der Waals surface area (Å²) in [5, 5.41) is 15.6. The maximum Gasteiger partial charge on any atom is 0.310 e. The lowest BCUT2D eigenvalue weighted by Crippen LogP contribution is -2.39. The van der Waals surface area contributed by atoms with Crippen molar-refractivity contribution in [2.45, 2.75) is 20.8 Å². The summed E-state index contributed by atoms with van der Waals surface area (Å²) in [6.45, 7) is 4.93. The molecule has 1 aromatic heterocycles. The highest BCUT2D eigenvalue weighted by Crippen LogP contribution is 2.14. The minimum absolute atomic E-state index is 0.0789. The van der Waals surface area contributed by atoms with Gasteiger partial charge < -0.3 is 10.4 Å². The van der Waals surface area contributed by atoms with E-state index < -0.39 is 11.4 Å². The Hall–Kier alpha value is -1.85. The molecule has 2 N–H and O–H groups in total. The lowest BCUT2D eigenvalue weighted by molar-refractivity contribution is -0.146. The highest BCUT2D eigenvalue weighted by atomic mass is 16.4. The average molecular weight is 239 g/mol. The van der Waals surface area contributed by atoms with Crippen molar-refractivity contribution in [2.24, 2.45) is 12.5 Å². The Balaban J connectivity index is 2.68. The maximum atomic E-state index is 11.8. The van der Waals surface area contributed by atoms with Crippen LogP contribution in [0.5, 0.6) is 0 Å². The van der Waals surface area contributed by atoms with Crippen molar-refractivity contribution < 1.29 is 14.7 Å². The molecule has 0 spiro atoms. The van der Waals surface area contributed by atoms with E-state index in [1.807, 2.05) is 0 Å². The second-order valence-electron chi connectivity index (χ2n) is 4.67. The van der Waals surface area contributed by atoms with Gasteiger partial charge in [0, 0.05) is 19.8 Å². The van der Waals surface area contributed by atoms with Crippen molar-refractivity contribution in [3.05, 3.63) is 17.5 Å². The van der Waals surface area contributed by atoms with Crippen LogP contribution in [0.25, 0.3) is 0 Å². The molecule has 6 heteroatoms. The third-order valence-corrected chi connectivity index (χ3v) is 2.53. The van der Waals surface area contributed by atoms with Gasteiger partial charge in [-0.25, -0.2) is 0 Å². The van der Waals surface area contributed by atoms with Gasteiger partial charge in [-0.15, -0.1) is 0 Å². The van der Waals surface area contributed by atoms with Crippen LogP contribution in [0.15, 0.2) is 6.20 Å². The average Bonchev–Trinajstić information content (AvgIpc) is 2.54. The van der Waals surface area contributed by atoms with Gasteiger partial charge in [0.25, 0.3) is 5.91 Å². The Morgan fingerprint density at radius 1 is 1.53 bits per heavy atom. The van der Waals surface area contributed by atoms with Crippen molar-refractivity contribution in [1.29, 1.82) is 0 Å². The van der Waals surface area contributed by atoms with Gasteiger partial charge in [0.05, 0.1) is 16.7 Å². The molecule has 1 rings (SSSR count). The quantitative estimate of drug-likeness (QED) is 0.804. The number of carbonyl (C=O) groups excluding carboxylic acids is 1. The highest BCUT2D eigenvalue weighted by Gasteiger charge is 2.28. The van der Waals surface area contributed by atoms with Crippen LogP contribution in [0, 0.1) is 12.3 Å². The zero-order valence-corrected chi connectivity index (χ0v) is 10.4. The van der Waals surface area contributed by atoms with E-state index in [0.717, 1.165) is 0 Å². The number of carbonyl (C=O) groups is 2. The van der Waals surface area contributed by atoms with Gasteiger partial charge in [0.15, 0.2) is 0 Å². The van der Waals surface area contributed by atoms with Gasteiger partial charge in [-0.2, -0.15) is 5.10 Å². The van der Waals surface area contributed by atoms with E-state index in [2.05, 4.69) is 10.4 Å². The number of hydrogen-bond acceptors (Lipinski definition) is 3. The second-order valence-corrected chi connectivity index (χ2v) is 4.67. The van der Waals surface area contributed by atoms with E-state index in [1.165, 1.54) is 0 Å². The molecule has 0 aliphatic carbocycles. The lowest BCUT2D eigenvalue weighted by Gasteiger charge is -2.19. The monoisotopic (exact) mass is 239 g/mol. The molecule has 0 radical (unpaired) electrons. The van der Waals surface area contributed by atoms with Crippen LogP contribution in [-0.4, -0.2) is 33.3 Å². The topological polar surface area (TPSA) is 84.2 Å². The first-order valence-electron chi connectivity index (χ1n) is 5.26. The van der Waals surface area contributed by atoms with Crippen molar-refractivity contribution >= 4 is 11.9 Å². The van der Waals surface area contributed by atoms with Crippen molar-refractivity contribution in [2.75, 3.05) is 6.54 Å². The minimum atomic E-state index is -0.980. The molecular weight excluding hydrogens is 222 g/mol. The Bertz CT molecular complexity index is 449. The summed E-state index contributed by atoms with van der Waals surface area (Å²) in [7, 11) is 1.73. The normalized spacial score (nSPS) is 11.3. The third kappa shape index (κ3) is 3.05. The van der Waals surface area contributed by atoms with E-state index in [4.69, 9.17) is 5.11 Å². The standard InChI is InChI=1S/C11H17N3O3/c1-7-8(5-14(4)13-7)9(15)12-6-11(2,3)10(16)17/h5H,6H2,1-4H3,(H,12,15)(H,16,17). The van der Waals surface area contributed by atoms with E-state index in [-0.39, 0.29) is 12.5 Å². The summed E-state index contributed by atoms with van der Waals surface area (Å²) >= 11 is 0. The number of aryl methyl sites for hydroxylation is 2. The van der Waals surface area contributed by atoms with Gasteiger partial charge in [0.1, 0.15) is 0 Å². The Kier molecular flexibility index (Phi) is 3.55. The van der Waals surface area contributed by atoms with E-state index in [0.29, 0.717) is 11.3 Å². The van der Waals surface area contributed by atoms with Gasteiger partial charge >= 0.3 is 5.97 Å². The first-order valence-corrected chi connectivity index (χ1v) is 5.26. The smallest absolute Gasteiger partial charge is 0.310 e. The number of nitrogens with zero attached hydrogens (tertiary/aromatic N) is 2. The molecule has 0 aliphatic heterocycles. The molecule has 0 saturated heterocycles. The molecule has 1 amide bonds. The van der Waals surface area contributed by atoms with Gasteiger partial charge in [-0.1, -0.05) is 0 Å². The molecule has 0 unspecified atom stereocenters. The molecule has 0 fully saturated rings. The predicted octanol–water partition coefficient (Wildman–Crippen LogP) is 0.569. The fourth-order valence-corrected chi connectivity index (χ4v) is 1.29. The number of nitrogens with one attached hydrogen (secondary N) is 1. The van der Waals surface area contributed by atoms with E-state index in [9.17, 15) is 9.59 Å². The summed E-state index contributed by atoms with van der Waals surface area (Å²) in [6.07, 6.45) is 1.61. The molecule has 94 valence electrons. The van der Waals surface area contributed by atoms with Crippen LogP contribution in [0.3, 0.4) is 0 Å². The number of aromatic nitrogens is 2. The Morgan fingerprint density at radius 2 is 2.12 bits per heavy atom. The highest BCUT2D eigenvalue weighted by molar-refractivity contribution is 5.95. The Morgan fingerprint density at radius 3 is 2.53 bits per heavy atom. The number of rotatable bonds is 4. The van der Waals surface area contributed by atoms with Gasteiger partial charge in [-0.3, -0.25) is 14.3 Å². The van der Waals surface area contributed by atoms with Gasteiger partial charge in [-0.05, 0) is 20.8 Å². The summed E-state index contributed by atoms with van der Waals surface area (Å²) in [5.41, 5.74) is 0.109. The maximum absolute atomic E-state index is 11.8. The molecule has 0 aliphatic rings. The summed E-state index contributed by atoms with van der Waals surface area (Å²) in [6, 6.07) is 0. The molecule has 1 aromatic rings. The first-order chi connectivity index (χ1) is 7.74. The number of aliphatic carboxylic acids is 1. The van der Waals surface area contributed by atoms with Crippen molar-refractivity contribution in [3.8, 4) is 0 Å². The zero-order valence-electron chi connectivity index (χ0n) is 10.4. The summed E-state index contributed by atoms with van der Waals surface area (Å²) in [4.78, 5) is 22.7. The number of carboxylic acid groups (broad SMARTS) is 1. The second kappa shape index (κ2) is 4.57. The van der Waals surface area contributed by atoms with Crippen LogP contribution in [0.2, 0.25) is 0 Å². The molecule has 0 saturated carbocycles. The van der Waals surface area contributed by atoms with E-state index in [1.54, 1.807) is 38.7 Å². The third-order valence-electron chi connectivity index (χ3n) is 2.53. The van der Waals surface area contributed by atoms with Crippen molar-refractivity contribution in [3.63, 3.8) is 0 Å². The SMILES string of the molecule is Cc1nn(C)cc1C(=O)NCC(C)(C)C(=O)O. The lowest BCUT2D eigenvalue weighted by atomic mass is 9.94. The molecule has 0 atom stereocenters. The molecular formula is C11H17N3O3. The number of hydrogen-bond donors (Lipinski definition) is 2.